The molecule has 3 nitrogen and oxygen atoms in total. The summed E-state index contributed by atoms with van der Waals surface area (Å²) in [5, 5.41) is 4.01. The first kappa shape index (κ1) is 19.1. The SMILES string of the molecule is COc1ccc2cc(I)ccc2c1-c1c(S(=O)O)ccc2cc(I)ccc12. The summed E-state index contributed by atoms with van der Waals surface area (Å²) in [5.41, 5.74) is 1.59. The minimum absolute atomic E-state index is 0.382. The average molecular weight is 600 g/mol. The van der Waals surface area contributed by atoms with E-state index in [4.69, 9.17) is 4.74 Å². The van der Waals surface area contributed by atoms with Gasteiger partial charge in [-0.1, -0.05) is 24.3 Å². The number of rotatable bonds is 3. The second-order valence-electron chi connectivity index (χ2n) is 6.06. The van der Waals surface area contributed by atoms with Gasteiger partial charge in [-0.2, -0.15) is 0 Å². The second kappa shape index (κ2) is 7.65. The highest BCUT2D eigenvalue weighted by Crippen LogP contribution is 2.43. The second-order valence-corrected chi connectivity index (χ2v) is 9.49. The molecule has 0 saturated heterocycles. The molecular weight excluding hydrogens is 586 g/mol. The Hall–Kier alpha value is -1.23. The number of fused-ring (bicyclic) bond motifs is 2. The smallest absolute Gasteiger partial charge is 0.187 e. The maximum atomic E-state index is 12.2. The van der Waals surface area contributed by atoms with Gasteiger partial charge in [0.2, 0.25) is 0 Å². The lowest BCUT2D eigenvalue weighted by atomic mass is 9.93. The third-order valence-electron chi connectivity index (χ3n) is 4.55. The number of methoxy groups -OCH3 is 1. The summed E-state index contributed by atoms with van der Waals surface area (Å²) < 4.78 is 30.1. The van der Waals surface area contributed by atoms with Crippen LogP contribution in [0.2, 0.25) is 0 Å². The number of halogens is 2. The highest BCUT2D eigenvalue weighted by molar-refractivity contribution is 14.1. The topological polar surface area (TPSA) is 46.5 Å². The standard InChI is InChI=1S/C21H14I2O3S/c1-26-18-8-2-12-10-14(22)4-6-16(12)20(18)21-17-7-5-15(23)11-13(17)3-9-19(21)27(24)25/h2-11H,1H3,(H,24,25). The summed E-state index contributed by atoms with van der Waals surface area (Å²) in [4.78, 5) is 0.382. The quantitative estimate of drug-likeness (QED) is 0.217. The van der Waals surface area contributed by atoms with Crippen molar-refractivity contribution < 1.29 is 13.5 Å². The highest BCUT2D eigenvalue weighted by atomic mass is 127. The lowest BCUT2D eigenvalue weighted by Crippen LogP contribution is -1.98. The van der Waals surface area contributed by atoms with Crippen molar-refractivity contribution in [2.24, 2.45) is 0 Å². The Morgan fingerprint density at radius 3 is 1.93 bits per heavy atom. The first-order chi connectivity index (χ1) is 13.0. The molecule has 0 saturated carbocycles. The van der Waals surface area contributed by atoms with Crippen molar-refractivity contribution in [2.75, 3.05) is 7.11 Å². The highest BCUT2D eigenvalue weighted by Gasteiger charge is 2.20. The molecule has 1 atom stereocenters. The Kier molecular flexibility index (Phi) is 5.41. The van der Waals surface area contributed by atoms with Crippen molar-refractivity contribution in [1.29, 1.82) is 0 Å². The Bertz CT molecular complexity index is 1220. The number of ether oxygens (including phenoxy) is 1. The zero-order valence-electron chi connectivity index (χ0n) is 14.2. The molecule has 0 spiro atoms. The molecule has 0 heterocycles. The van der Waals surface area contributed by atoms with E-state index in [1.807, 2.05) is 42.5 Å². The predicted octanol–water partition coefficient (Wildman–Crippen LogP) is 6.46. The summed E-state index contributed by atoms with van der Waals surface area (Å²) in [6.45, 7) is 0. The van der Waals surface area contributed by atoms with Crippen molar-refractivity contribution in [1.82, 2.24) is 0 Å². The van der Waals surface area contributed by atoms with Gasteiger partial charge in [0.05, 0.1) is 12.0 Å². The molecule has 0 aliphatic carbocycles. The minimum Gasteiger partial charge on any atom is -0.496 e. The van der Waals surface area contributed by atoms with Crippen LogP contribution in [0.15, 0.2) is 65.6 Å². The molecule has 0 bridgehead atoms. The summed E-state index contributed by atoms with van der Waals surface area (Å²) in [7, 11) is 1.63. The fraction of sp³-hybridized carbons (Fsp3) is 0.0476. The summed E-state index contributed by atoms with van der Waals surface area (Å²) in [5.74, 6) is 0.682. The molecule has 136 valence electrons. The van der Waals surface area contributed by atoms with E-state index in [0.29, 0.717) is 10.6 Å². The van der Waals surface area contributed by atoms with Gasteiger partial charge in [0.15, 0.2) is 11.1 Å². The van der Waals surface area contributed by atoms with E-state index in [1.54, 1.807) is 13.2 Å². The summed E-state index contributed by atoms with van der Waals surface area (Å²) in [6.07, 6.45) is 0. The van der Waals surface area contributed by atoms with E-state index in [-0.39, 0.29) is 0 Å². The van der Waals surface area contributed by atoms with Gasteiger partial charge in [-0.3, -0.25) is 0 Å². The van der Waals surface area contributed by atoms with E-state index in [1.165, 1.54) is 0 Å². The Morgan fingerprint density at radius 2 is 1.37 bits per heavy atom. The monoisotopic (exact) mass is 600 g/mol. The molecule has 0 amide bonds. The largest absolute Gasteiger partial charge is 0.496 e. The van der Waals surface area contributed by atoms with Crippen LogP contribution in [0.5, 0.6) is 5.75 Å². The van der Waals surface area contributed by atoms with Gasteiger partial charge < -0.3 is 9.29 Å². The summed E-state index contributed by atoms with van der Waals surface area (Å²) in [6, 6.07) is 19.8. The molecule has 4 aromatic rings. The molecule has 4 rings (SSSR count). The van der Waals surface area contributed by atoms with E-state index in [0.717, 1.165) is 39.8 Å². The van der Waals surface area contributed by atoms with E-state index < -0.39 is 11.1 Å². The number of hydrogen-bond donors (Lipinski definition) is 1. The van der Waals surface area contributed by atoms with Gasteiger partial charge in [0.25, 0.3) is 0 Å². The van der Waals surface area contributed by atoms with Gasteiger partial charge >= 0.3 is 0 Å². The van der Waals surface area contributed by atoms with Crippen LogP contribution in [-0.2, 0) is 11.1 Å². The Labute approximate surface area is 186 Å². The van der Waals surface area contributed by atoms with Crippen molar-refractivity contribution in [3.05, 3.63) is 67.8 Å². The molecule has 6 heteroatoms. The normalized spacial score (nSPS) is 12.4. The van der Waals surface area contributed by atoms with Crippen molar-refractivity contribution in [3.8, 4) is 16.9 Å². The zero-order chi connectivity index (χ0) is 19.1. The van der Waals surface area contributed by atoms with Crippen LogP contribution < -0.4 is 4.74 Å². The van der Waals surface area contributed by atoms with Crippen LogP contribution in [0.25, 0.3) is 32.7 Å². The summed E-state index contributed by atoms with van der Waals surface area (Å²) >= 11 is 2.44. The average Bonchev–Trinajstić information content (AvgIpc) is 2.65. The molecule has 0 radical (unpaired) electrons. The van der Waals surface area contributed by atoms with Crippen LogP contribution in [-0.4, -0.2) is 15.9 Å². The maximum absolute atomic E-state index is 12.2. The van der Waals surface area contributed by atoms with Crippen LogP contribution in [0.1, 0.15) is 0 Å². The number of benzene rings is 4. The third kappa shape index (κ3) is 3.48. The predicted molar refractivity (Wildman–Crippen MR) is 128 cm³/mol. The van der Waals surface area contributed by atoms with Crippen LogP contribution >= 0.6 is 45.2 Å². The molecule has 0 aromatic heterocycles. The van der Waals surface area contributed by atoms with Gasteiger partial charge in [-0.05, 0) is 103 Å². The molecule has 27 heavy (non-hydrogen) atoms. The Morgan fingerprint density at radius 1 is 0.815 bits per heavy atom. The Balaban J connectivity index is 2.22. The van der Waals surface area contributed by atoms with Gasteiger partial charge in [-0.15, -0.1) is 0 Å². The molecule has 1 N–H and O–H groups in total. The first-order valence-electron chi connectivity index (χ1n) is 8.09. The molecular formula is C21H14I2O3S. The fourth-order valence-corrected chi connectivity index (χ4v) is 4.99. The van der Waals surface area contributed by atoms with Gasteiger partial charge in [0.1, 0.15) is 5.75 Å². The van der Waals surface area contributed by atoms with Crippen molar-refractivity contribution >= 4 is 77.8 Å². The van der Waals surface area contributed by atoms with Crippen LogP contribution in [0, 0.1) is 7.14 Å². The lowest BCUT2D eigenvalue weighted by molar-refractivity contribution is 0.417. The molecule has 0 aliphatic rings. The van der Waals surface area contributed by atoms with E-state index in [2.05, 4.69) is 57.3 Å². The molecule has 1 unspecified atom stereocenters. The molecule has 0 fully saturated rings. The molecule has 4 aromatic carbocycles. The van der Waals surface area contributed by atoms with Crippen molar-refractivity contribution in [3.63, 3.8) is 0 Å². The first-order valence-corrected chi connectivity index (χ1v) is 11.4. The van der Waals surface area contributed by atoms with E-state index in [9.17, 15) is 8.76 Å². The third-order valence-corrected chi connectivity index (χ3v) is 6.60. The zero-order valence-corrected chi connectivity index (χ0v) is 19.3. The maximum Gasteiger partial charge on any atom is 0.187 e. The van der Waals surface area contributed by atoms with Crippen LogP contribution in [0.4, 0.5) is 0 Å². The van der Waals surface area contributed by atoms with Gasteiger partial charge in [0, 0.05) is 18.3 Å². The number of hydrogen-bond acceptors (Lipinski definition) is 2. The lowest BCUT2D eigenvalue weighted by Gasteiger charge is -2.17. The van der Waals surface area contributed by atoms with Gasteiger partial charge in [-0.25, -0.2) is 4.21 Å². The van der Waals surface area contributed by atoms with Crippen LogP contribution in [0.3, 0.4) is 0 Å². The van der Waals surface area contributed by atoms with Crippen molar-refractivity contribution in [2.45, 2.75) is 4.90 Å². The molecule has 0 aliphatic heterocycles. The minimum atomic E-state index is -2.12. The fourth-order valence-electron chi connectivity index (χ4n) is 3.39. The van der Waals surface area contributed by atoms with E-state index >= 15 is 0 Å².